The first kappa shape index (κ1) is 14.6. The van der Waals surface area contributed by atoms with Crippen molar-refractivity contribution in [2.75, 3.05) is 7.05 Å². The lowest BCUT2D eigenvalue weighted by Crippen LogP contribution is -2.36. The maximum absolute atomic E-state index is 4.54. The summed E-state index contributed by atoms with van der Waals surface area (Å²) >= 11 is 1.62. The topological polar surface area (TPSA) is 83.9 Å². The Balaban J connectivity index is 1.38. The molecule has 0 amide bonds. The van der Waals surface area contributed by atoms with Gasteiger partial charge in [0.1, 0.15) is 0 Å². The fourth-order valence-corrected chi connectivity index (χ4v) is 3.15. The highest BCUT2D eigenvalue weighted by Gasteiger charge is 2.07. The zero-order valence-electron chi connectivity index (χ0n) is 13.0. The lowest BCUT2D eigenvalue weighted by molar-refractivity contribution is 0.758. The first-order chi connectivity index (χ1) is 11.8. The Morgan fingerprint density at radius 3 is 3.00 bits per heavy atom. The summed E-state index contributed by atoms with van der Waals surface area (Å²) in [4.78, 5) is 9.76. The van der Waals surface area contributed by atoms with E-state index in [1.807, 2.05) is 51.0 Å². The van der Waals surface area contributed by atoms with Crippen molar-refractivity contribution in [3.8, 4) is 0 Å². The van der Waals surface area contributed by atoms with E-state index in [9.17, 15) is 0 Å². The Labute approximate surface area is 141 Å². The molecular weight excluding hydrogens is 324 g/mol. The van der Waals surface area contributed by atoms with Gasteiger partial charge in [-0.15, -0.1) is 21.5 Å². The van der Waals surface area contributed by atoms with E-state index >= 15 is 0 Å². The van der Waals surface area contributed by atoms with Gasteiger partial charge in [-0.3, -0.25) is 13.8 Å². The average molecular weight is 340 g/mol. The molecule has 0 saturated heterocycles. The minimum atomic E-state index is 0.531. The molecule has 0 aliphatic carbocycles. The Kier molecular flexibility index (Phi) is 3.83. The van der Waals surface area contributed by atoms with Gasteiger partial charge in [0.2, 0.25) is 0 Å². The number of rotatable bonds is 4. The molecule has 24 heavy (non-hydrogen) atoms. The van der Waals surface area contributed by atoms with E-state index in [0.717, 1.165) is 22.1 Å². The Hall–Kier alpha value is -2.94. The van der Waals surface area contributed by atoms with Crippen LogP contribution in [0.1, 0.15) is 11.5 Å². The van der Waals surface area contributed by atoms with Gasteiger partial charge < -0.3 is 10.6 Å². The largest absolute Gasteiger partial charge is 0.351 e. The van der Waals surface area contributed by atoms with Crippen LogP contribution in [0.5, 0.6) is 0 Å². The minimum Gasteiger partial charge on any atom is -0.351 e. The Bertz CT molecular complexity index is 967. The fourth-order valence-electron chi connectivity index (χ4n) is 2.43. The van der Waals surface area contributed by atoms with Gasteiger partial charge in [-0.25, -0.2) is 4.98 Å². The summed E-state index contributed by atoms with van der Waals surface area (Å²) in [6, 6.07) is 5.82. The van der Waals surface area contributed by atoms with Gasteiger partial charge in [0.05, 0.1) is 18.8 Å². The van der Waals surface area contributed by atoms with Crippen molar-refractivity contribution in [3.05, 3.63) is 53.7 Å². The van der Waals surface area contributed by atoms with Crippen molar-refractivity contribution in [2.45, 2.75) is 13.1 Å². The van der Waals surface area contributed by atoms with Crippen molar-refractivity contribution < 1.29 is 0 Å². The molecular formula is C15H16N8S. The lowest BCUT2D eigenvalue weighted by atomic mass is 10.4. The number of nitrogens with one attached hydrogen (secondary N) is 2. The molecule has 122 valence electrons. The van der Waals surface area contributed by atoms with Gasteiger partial charge in [-0.1, -0.05) is 6.07 Å². The number of nitrogens with zero attached hydrogens (tertiary/aromatic N) is 6. The molecule has 0 fully saturated rings. The van der Waals surface area contributed by atoms with Crippen LogP contribution in [0.15, 0.2) is 47.2 Å². The number of hydrogen-bond acceptors (Lipinski definition) is 5. The highest BCUT2D eigenvalue weighted by atomic mass is 32.1. The molecule has 2 N–H and O–H groups in total. The van der Waals surface area contributed by atoms with E-state index in [2.05, 4.69) is 30.8 Å². The third-order valence-electron chi connectivity index (χ3n) is 3.60. The summed E-state index contributed by atoms with van der Waals surface area (Å²) in [7, 11) is 1.74. The molecule has 0 aliphatic rings. The number of aromatic nitrogens is 5. The van der Waals surface area contributed by atoms with Crippen LogP contribution in [0.3, 0.4) is 0 Å². The molecule has 0 radical (unpaired) electrons. The highest BCUT2D eigenvalue weighted by molar-refractivity contribution is 7.15. The minimum absolute atomic E-state index is 0.531. The smallest absolute Gasteiger partial charge is 0.193 e. The second kappa shape index (κ2) is 6.28. The van der Waals surface area contributed by atoms with Gasteiger partial charge in [0, 0.05) is 31.0 Å². The molecule has 4 rings (SSSR count). The third-order valence-corrected chi connectivity index (χ3v) is 4.37. The second-order valence-corrected chi connectivity index (χ2v) is 6.02. The maximum atomic E-state index is 4.54. The number of guanidine groups is 1. The van der Waals surface area contributed by atoms with Crippen LogP contribution in [0, 0.1) is 0 Å². The number of fused-ring (bicyclic) bond motifs is 2. The molecule has 0 aromatic carbocycles. The molecule has 0 bridgehead atoms. The van der Waals surface area contributed by atoms with Crippen molar-refractivity contribution in [3.63, 3.8) is 0 Å². The molecule has 4 aromatic heterocycles. The summed E-state index contributed by atoms with van der Waals surface area (Å²) in [6.45, 7) is 1.14. The third kappa shape index (κ3) is 2.81. The summed E-state index contributed by atoms with van der Waals surface area (Å²) in [5.74, 6) is 1.52. The summed E-state index contributed by atoms with van der Waals surface area (Å²) in [5, 5.41) is 16.8. The SMILES string of the molecule is CN=C(NCc1cn2ccsc2n1)NCc1nnc2ccccn12. The van der Waals surface area contributed by atoms with E-state index in [4.69, 9.17) is 0 Å². The van der Waals surface area contributed by atoms with Gasteiger partial charge in [-0.05, 0) is 12.1 Å². The van der Waals surface area contributed by atoms with Crippen LogP contribution in [0.2, 0.25) is 0 Å². The highest BCUT2D eigenvalue weighted by Crippen LogP contribution is 2.11. The molecule has 8 nitrogen and oxygen atoms in total. The maximum Gasteiger partial charge on any atom is 0.193 e. The molecule has 0 saturated carbocycles. The molecule has 4 heterocycles. The molecule has 0 aliphatic heterocycles. The van der Waals surface area contributed by atoms with Gasteiger partial charge in [0.15, 0.2) is 22.4 Å². The molecule has 9 heteroatoms. The number of thiazole rings is 1. The second-order valence-electron chi connectivity index (χ2n) is 5.15. The predicted molar refractivity (Wildman–Crippen MR) is 93.1 cm³/mol. The zero-order valence-corrected chi connectivity index (χ0v) is 13.9. The van der Waals surface area contributed by atoms with Crippen LogP contribution in [-0.2, 0) is 13.1 Å². The Morgan fingerprint density at radius 2 is 2.12 bits per heavy atom. The molecule has 4 aromatic rings. The average Bonchev–Trinajstić information content (AvgIpc) is 3.29. The summed E-state index contributed by atoms with van der Waals surface area (Å²) in [6.07, 6.45) is 5.96. The zero-order chi connectivity index (χ0) is 16.4. The number of hydrogen-bond donors (Lipinski definition) is 2. The summed E-state index contributed by atoms with van der Waals surface area (Å²) < 4.78 is 3.96. The van der Waals surface area contributed by atoms with Crippen LogP contribution >= 0.6 is 11.3 Å². The quantitative estimate of drug-likeness (QED) is 0.432. The first-order valence-corrected chi connectivity index (χ1v) is 8.36. The Morgan fingerprint density at radius 1 is 1.21 bits per heavy atom. The molecule has 0 spiro atoms. The lowest BCUT2D eigenvalue weighted by Gasteiger charge is -2.10. The fraction of sp³-hybridized carbons (Fsp3) is 0.200. The first-order valence-electron chi connectivity index (χ1n) is 7.48. The van der Waals surface area contributed by atoms with E-state index in [1.54, 1.807) is 18.4 Å². The molecule has 0 unspecified atom stereocenters. The van der Waals surface area contributed by atoms with Crippen LogP contribution in [-0.4, -0.2) is 37.0 Å². The van der Waals surface area contributed by atoms with Crippen LogP contribution in [0.25, 0.3) is 10.6 Å². The van der Waals surface area contributed by atoms with E-state index in [0.29, 0.717) is 19.0 Å². The normalized spacial score (nSPS) is 12.1. The van der Waals surface area contributed by atoms with Crippen molar-refractivity contribution in [1.29, 1.82) is 0 Å². The van der Waals surface area contributed by atoms with E-state index in [-0.39, 0.29) is 0 Å². The predicted octanol–water partition coefficient (Wildman–Crippen LogP) is 1.30. The van der Waals surface area contributed by atoms with Crippen molar-refractivity contribution in [2.24, 2.45) is 4.99 Å². The standard InChI is InChI=1S/C15H16N8S/c1-16-14(17-8-11-10-22-6-7-24-15(22)19-11)18-9-13-21-20-12-4-2-3-5-23(12)13/h2-7,10H,8-9H2,1H3,(H2,16,17,18). The monoisotopic (exact) mass is 340 g/mol. The van der Waals surface area contributed by atoms with E-state index in [1.165, 1.54) is 0 Å². The summed E-state index contributed by atoms with van der Waals surface area (Å²) in [5.41, 5.74) is 1.80. The van der Waals surface area contributed by atoms with Gasteiger partial charge in [-0.2, -0.15) is 0 Å². The number of pyridine rings is 1. The van der Waals surface area contributed by atoms with E-state index < -0.39 is 0 Å². The van der Waals surface area contributed by atoms with Crippen LogP contribution in [0.4, 0.5) is 0 Å². The number of imidazole rings is 1. The van der Waals surface area contributed by atoms with Crippen molar-refractivity contribution >= 4 is 27.9 Å². The van der Waals surface area contributed by atoms with Crippen LogP contribution < -0.4 is 10.6 Å². The van der Waals surface area contributed by atoms with Gasteiger partial charge in [0.25, 0.3) is 0 Å². The number of aliphatic imine (C=N–C) groups is 1. The molecule has 0 atom stereocenters. The van der Waals surface area contributed by atoms with Gasteiger partial charge >= 0.3 is 0 Å². The van der Waals surface area contributed by atoms with Crippen molar-refractivity contribution in [1.82, 2.24) is 34.6 Å².